The number of hydrogen-bond acceptors (Lipinski definition) is 1. The highest BCUT2D eigenvalue weighted by Crippen LogP contribution is 2.17. The number of unbranched alkanes of at least 4 members (excludes halogenated alkanes) is 22. The third-order valence-electron chi connectivity index (χ3n) is 6.16. The lowest BCUT2D eigenvalue weighted by Crippen LogP contribution is -1.84. The Morgan fingerprint density at radius 1 is 0.379 bits per heavy atom. The van der Waals surface area contributed by atoms with Crippen LogP contribution in [0.1, 0.15) is 168 Å². The first-order valence-electron chi connectivity index (χ1n) is 13.8. The van der Waals surface area contributed by atoms with Crippen LogP contribution in [0.25, 0.3) is 0 Å². The smallest absolute Gasteiger partial charge is 0.0166 e. The first kappa shape index (κ1) is 29.4. The van der Waals surface area contributed by atoms with Gasteiger partial charge in [0.25, 0.3) is 0 Å². The summed E-state index contributed by atoms with van der Waals surface area (Å²) >= 11 is 2.04. The van der Waals surface area contributed by atoms with Crippen molar-refractivity contribution in [3.8, 4) is 0 Å². The summed E-state index contributed by atoms with van der Waals surface area (Å²) in [6, 6.07) is 0. The Labute approximate surface area is 191 Å². The maximum absolute atomic E-state index is 2.45. The zero-order valence-electron chi connectivity index (χ0n) is 20.7. The monoisotopic (exact) mass is 425 g/mol. The number of thioether (sulfide) groups is 1. The molecule has 0 rings (SSSR count). The summed E-state index contributed by atoms with van der Waals surface area (Å²) in [5, 5.41) is 0. The van der Waals surface area contributed by atoms with E-state index in [4.69, 9.17) is 0 Å². The van der Waals surface area contributed by atoms with E-state index in [9.17, 15) is 0 Å². The van der Waals surface area contributed by atoms with E-state index in [0.29, 0.717) is 0 Å². The van der Waals surface area contributed by atoms with Gasteiger partial charge in [0.2, 0.25) is 0 Å². The lowest BCUT2D eigenvalue weighted by molar-refractivity contribution is 0.520. The zero-order valence-corrected chi connectivity index (χ0v) is 21.5. The summed E-state index contributed by atoms with van der Waals surface area (Å²) in [7, 11) is 0. The van der Waals surface area contributed by atoms with Crippen molar-refractivity contribution in [2.45, 2.75) is 168 Å². The van der Waals surface area contributed by atoms with Crippen LogP contribution in [0.15, 0.2) is 0 Å². The number of rotatable bonds is 26. The van der Waals surface area contributed by atoms with Gasteiger partial charge in [-0.15, -0.1) is 0 Å². The molecule has 0 unspecified atom stereocenters. The molecule has 0 N–H and O–H groups in total. The summed E-state index contributed by atoms with van der Waals surface area (Å²) in [5.74, 6) is 3.78. The van der Waals surface area contributed by atoms with Crippen molar-refractivity contribution in [2.24, 2.45) is 0 Å². The number of hydrogen-bond donors (Lipinski definition) is 0. The zero-order chi connectivity index (χ0) is 21.1. The van der Waals surface area contributed by atoms with E-state index in [1.807, 2.05) is 11.8 Å². The predicted octanol–water partition coefficient (Wildman–Crippen LogP) is 11.3. The molecule has 0 heterocycles. The van der Waals surface area contributed by atoms with E-state index in [2.05, 4.69) is 19.6 Å². The topological polar surface area (TPSA) is 0 Å². The molecule has 0 spiro atoms. The van der Waals surface area contributed by atoms with E-state index in [1.165, 1.54) is 160 Å². The SMILES string of the molecule is CCCCCCCCCCCCCCCCCCCCCCC[CH]SCCCC. The molecular formula is C28H57S. The lowest BCUT2D eigenvalue weighted by atomic mass is 10.0. The Morgan fingerprint density at radius 2 is 0.690 bits per heavy atom. The van der Waals surface area contributed by atoms with Crippen molar-refractivity contribution < 1.29 is 0 Å². The van der Waals surface area contributed by atoms with E-state index in [-0.39, 0.29) is 0 Å². The van der Waals surface area contributed by atoms with Crippen molar-refractivity contribution in [3.63, 3.8) is 0 Å². The summed E-state index contributed by atoms with van der Waals surface area (Å²) in [4.78, 5) is 0. The molecular weight excluding hydrogens is 368 g/mol. The fourth-order valence-electron chi connectivity index (χ4n) is 4.05. The van der Waals surface area contributed by atoms with Crippen LogP contribution in [0.4, 0.5) is 0 Å². The Hall–Kier alpha value is 0.350. The molecule has 0 aromatic carbocycles. The molecule has 0 aromatic rings. The molecule has 175 valence electrons. The minimum atomic E-state index is 1.33. The van der Waals surface area contributed by atoms with Crippen LogP contribution in [0, 0.1) is 5.75 Å². The van der Waals surface area contributed by atoms with Gasteiger partial charge < -0.3 is 0 Å². The highest BCUT2D eigenvalue weighted by molar-refractivity contribution is 8.01. The molecule has 0 aliphatic carbocycles. The van der Waals surface area contributed by atoms with E-state index in [0.717, 1.165) is 0 Å². The lowest BCUT2D eigenvalue weighted by Gasteiger charge is -2.04. The molecule has 1 radical (unpaired) electrons. The molecule has 0 aromatic heterocycles. The van der Waals surface area contributed by atoms with Crippen molar-refractivity contribution in [1.82, 2.24) is 0 Å². The standard InChI is InChI=1S/C28H57S/c1-3-5-7-8-9-10-11-12-13-14-15-16-17-18-19-20-21-22-23-24-25-26-28-29-27-6-4-2/h28H,3-27H2,1-2H3. The van der Waals surface area contributed by atoms with Gasteiger partial charge in [-0.2, -0.15) is 11.8 Å². The van der Waals surface area contributed by atoms with Crippen LogP contribution >= 0.6 is 11.8 Å². The Morgan fingerprint density at radius 3 is 1.03 bits per heavy atom. The van der Waals surface area contributed by atoms with Gasteiger partial charge >= 0.3 is 0 Å². The van der Waals surface area contributed by atoms with E-state index >= 15 is 0 Å². The van der Waals surface area contributed by atoms with Crippen LogP contribution < -0.4 is 0 Å². The largest absolute Gasteiger partial charge is 0.157 e. The Balaban J connectivity index is 2.97. The fourth-order valence-corrected chi connectivity index (χ4v) is 5.01. The van der Waals surface area contributed by atoms with Crippen LogP contribution in [0.3, 0.4) is 0 Å². The van der Waals surface area contributed by atoms with Crippen LogP contribution in [0.5, 0.6) is 0 Å². The minimum Gasteiger partial charge on any atom is -0.157 e. The second-order valence-corrected chi connectivity index (χ2v) is 10.3. The molecule has 0 aliphatic heterocycles. The third kappa shape index (κ3) is 28.4. The molecule has 0 bridgehead atoms. The molecule has 0 aliphatic rings. The molecule has 0 atom stereocenters. The van der Waals surface area contributed by atoms with Gasteiger partial charge in [-0.3, -0.25) is 0 Å². The normalized spacial score (nSPS) is 11.4. The Kier molecular flexibility index (Phi) is 28.7. The summed E-state index contributed by atoms with van der Waals surface area (Å²) in [5.41, 5.74) is 0. The molecule has 1 heteroatoms. The highest BCUT2D eigenvalue weighted by Gasteiger charge is 1.96. The van der Waals surface area contributed by atoms with E-state index in [1.54, 1.807) is 0 Å². The maximum atomic E-state index is 2.45. The molecule has 0 nitrogen and oxygen atoms in total. The predicted molar refractivity (Wildman–Crippen MR) is 139 cm³/mol. The van der Waals surface area contributed by atoms with Crippen molar-refractivity contribution >= 4 is 11.8 Å². The maximum Gasteiger partial charge on any atom is 0.0166 e. The highest BCUT2D eigenvalue weighted by atomic mass is 32.2. The molecule has 0 saturated carbocycles. The van der Waals surface area contributed by atoms with Gasteiger partial charge in [-0.25, -0.2) is 0 Å². The second-order valence-electron chi connectivity index (χ2n) is 9.25. The van der Waals surface area contributed by atoms with Crippen molar-refractivity contribution in [2.75, 3.05) is 5.75 Å². The summed E-state index contributed by atoms with van der Waals surface area (Å²) in [6.45, 7) is 4.58. The van der Waals surface area contributed by atoms with Gasteiger partial charge in [0.05, 0.1) is 0 Å². The van der Waals surface area contributed by atoms with Crippen molar-refractivity contribution in [1.29, 1.82) is 0 Å². The van der Waals surface area contributed by atoms with E-state index < -0.39 is 0 Å². The minimum absolute atomic E-state index is 1.33. The van der Waals surface area contributed by atoms with Crippen molar-refractivity contribution in [3.05, 3.63) is 5.75 Å². The van der Waals surface area contributed by atoms with Gasteiger partial charge in [0.15, 0.2) is 0 Å². The summed E-state index contributed by atoms with van der Waals surface area (Å²) < 4.78 is 0. The fraction of sp³-hybridized carbons (Fsp3) is 0.964. The van der Waals surface area contributed by atoms with Crippen LogP contribution in [0.2, 0.25) is 0 Å². The van der Waals surface area contributed by atoms with Gasteiger partial charge in [-0.05, 0) is 18.6 Å². The molecule has 0 saturated heterocycles. The third-order valence-corrected chi connectivity index (χ3v) is 7.15. The molecule has 0 amide bonds. The molecule has 0 fully saturated rings. The van der Waals surface area contributed by atoms with Crippen LogP contribution in [-0.2, 0) is 0 Å². The van der Waals surface area contributed by atoms with Gasteiger partial charge in [0, 0.05) is 5.75 Å². The second kappa shape index (κ2) is 28.4. The molecule has 29 heavy (non-hydrogen) atoms. The Bertz CT molecular complexity index is 237. The summed E-state index contributed by atoms with van der Waals surface area (Å²) in [6.07, 6.45) is 34.9. The van der Waals surface area contributed by atoms with Gasteiger partial charge in [0.1, 0.15) is 0 Å². The first-order chi connectivity index (χ1) is 14.4. The van der Waals surface area contributed by atoms with Gasteiger partial charge in [-0.1, -0.05) is 155 Å². The average molecular weight is 426 g/mol. The first-order valence-corrected chi connectivity index (χ1v) is 14.9. The average Bonchev–Trinajstić information content (AvgIpc) is 2.74. The quantitative estimate of drug-likeness (QED) is 0.124. The van der Waals surface area contributed by atoms with Crippen LogP contribution in [-0.4, -0.2) is 5.75 Å².